The number of aromatic nitrogens is 2. The molecule has 55 heavy (non-hydrogen) atoms. The summed E-state index contributed by atoms with van der Waals surface area (Å²) in [4.78, 5) is 11.8. The van der Waals surface area contributed by atoms with Crippen LogP contribution in [0.2, 0.25) is 0 Å². The Hall–Kier alpha value is -7.50. The maximum atomic E-state index is 6.39. The topological polar surface area (TPSA) is 55.3 Å². The van der Waals surface area contributed by atoms with Crippen molar-refractivity contribution in [2.45, 2.75) is 0 Å². The highest BCUT2D eigenvalue weighted by molar-refractivity contribution is 6.10. The summed E-state index contributed by atoms with van der Waals surface area (Å²) in [5.41, 5.74) is 14.6. The van der Waals surface area contributed by atoms with Crippen LogP contribution in [0.4, 0.5) is 17.1 Å². The van der Waals surface area contributed by atoms with E-state index in [1.807, 2.05) is 54.7 Å². The Morgan fingerprint density at radius 3 is 1.33 bits per heavy atom. The van der Waals surface area contributed by atoms with Crippen LogP contribution < -0.4 is 4.90 Å². The highest BCUT2D eigenvalue weighted by Gasteiger charge is 2.17. The molecule has 0 aliphatic heterocycles. The fourth-order valence-electron chi connectivity index (χ4n) is 7.85. The first-order valence-electron chi connectivity index (χ1n) is 18.4. The van der Waals surface area contributed by atoms with Crippen LogP contribution in [-0.2, 0) is 0 Å². The summed E-state index contributed by atoms with van der Waals surface area (Å²) < 4.78 is 12.8. The summed E-state index contributed by atoms with van der Waals surface area (Å²) in [6.45, 7) is 0. The van der Waals surface area contributed by atoms with E-state index in [1.165, 1.54) is 0 Å². The zero-order valence-electron chi connectivity index (χ0n) is 29.6. The van der Waals surface area contributed by atoms with E-state index in [2.05, 4.69) is 143 Å². The number of furan rings is 2. The van der Waals surface area contributed by atoms with E-state index in [4.69, 9.17) is 13.8 Å². The third-order valence-electron chi connectivity index (χ3n) is 10.6. The van der Waals surface area contributed by atoms with Crippen LogP contribution in [-0.4, -0.2) is 9.97 Å². The number of nitrogens with zero attached hydrogens (tertiary/aromatic N) is 3. The summed E-state index contributed by atoms with van der Waals surface area (Å²) >= 11 is 0. The first-order chi connectivity index (χ1) is 27.2. The van der Waals surface area contributed by atoms with E-state index in [1.54, 1.807) is 0 Å². The molecule has 11 aromatic rings. The number of anilines is 3. The van der Waals surface area contributed by atoms with Crippen LogP contribution in [0.3, 0.4) is 0 Å². The lowest BCUT2D eigenvalue weighted by Crippen LogP contribution is -2.09. The minimum Gasteiger partial charge on any atom is -0.455 e. The molecule has 0 amide bonds. The Bertz CT molecular complexity index is 3040. The second-order valence-corrected chi connectivity index (χ2v) is 13.8. The largest absolute Gasteiger partial charge is 0.455 e. The smallest absolute Gasteiger partial charge is 0.143 e. The highest BCUT2D eigenvalue weighted by atomic mass is 16.3. The fourth-order valence-corrected chi connectivity index (χ4v) is 7.85. The van der Waals surface area contributed by atoms with Crippen molar-refractivity contribution in [1.82, 2.24) is 9.97 Å². The van der Waals surface area contributed by atoms with Gasteiger partial charge in [-0.05, 0) is 71.8 Å². The molecular weight excluding hydrogens is 675 g/mol. The average molecular weight is 706 g/mol. The van der Waals surface area contributed by atoms with E-state index in [-0.39, 0.29) is 0 Å². The molecule has 0 fully saturated rings. The molecule has 3 aromatic heterocycles. The second-order valence-electron chi connectivity index (χ2n) is 13.8. The Morgan fingerprint density at radius 1 is 0.364 bits per heavy atom. The van der Waals surface area contributed by atoms with Gasteiger partial charge >= 0.3 is 0 Å². The Labute approximate surface area is 316 Å². The normalized spacial score (nSPS) is 11.6. The van der Waals surface area contributed by atoms with E-state index in [0.29, 0.717) is 0 Å². The average Bonchev–Trinajstić information content (AvgIpc) is 3.83. The molecular formula is C50H31N3O2. The van der Waals surface area contributed by atoms with Crippen LogP contribution >= 0.6 is 0 Å². The van der Waals surface area contributed by atoms with Crippen molar-refractivity contribution < 1.29 is 8.83 Å². The standard InChI is InChI=1S/C50H31N3O2/c1-5-17-47-40(9-1)42-13-7-11-38(49(42)54-47)32-19-25-35(26-20-32)53(37-29-23-34(24-30-37)46-31-51-44-15-3-4-16-45(44)52-46)36-27-21-33(22-28-36)39-12-8-14-43-41-10-2-6-18-48(41)55-50(39)43/h1-31H. The van der Waals surface area contributed by atoms with Crippen molar-refractivity contribution in [2.24, 2.45) is 0 Å². The summed E-state index contributed by atoms with van der Waals surface area (Å²) in [7, 11) is 0. The fraction of sp³-hybridized carbons (Fsp3) is 0. The van der Waals surface area contributed by atoms with Gasteiger partial charge in [-0.1, -0.05) is 121 Å². The molecule has 5 nitrogen and oxygen atoms in total. The van der Waals surface area contributed by atoms with Gasteiger partial charge in [0.25, 0.3) is 0 Å². The van der Waals surface area contributed by atoms with Crippen LogP contribution in [0, 0.1) is 0 Å². The van der Waals surface area contributed by atoms with E-state index >= 15 is 0 Å². The third kappa shape index (κ3) is 5.24. The van der Waals surface area contributed by atoms with Gasteiger partial charge in [0, 0.05) is 55.3 Å². The van der Waals surface area contributed by atoms with Gasteiger partial charge in [-0.3, -0.25) is 4.98 Å². The van der Waals surface area contributed by atoms with Crippen molar-refractivity contribution in [3.05, 3.63) is 188 Å². The molecule has 0 saturated carbocycles. The van der Waals surface area contributed by atoms with Crippen LogP contribution in [0.1, 0.15) is 0 Å². The SMILES string of the molecule is c1ccc2nc(-c3ccc(N(c4ccc(-c5cccc6c5oc5ccccc56)cc4)c4ccc(-c5cccc6c5oc5ccccc56)cc4)cc3)cnc2c1. The summed E-state index contributed by atoms with van der Waals surface area (Å²) in [6.07, 6.45) is 1.84. The van der Waals surface area contributed by atoms with Gasteiger partial charge in [-0.25, -0.2) is 4.98 Å². The lowest BCUT2D eigenvalue weighted by molar-refractivity contribution is 0.669. The van der Waals surface area contributed by atoms with E-state index in [9.17, 15) is 0 Å². The number of hydrogen-bond donors (Lipinski definition) is 0. The number of rotatable bonds is 6. The lowest BCUT2D eigenvalue weighted by atomic mass is 10.0. The Balaban J connectivity index is 0.996. The first-order valence-corrected chi connectivity index (χ1v) is 18.4. The number of benzene rings is 8. The minimum absolute atomic E-state index is 0.838. The molecule has 0 saturated heterocycles. The quantitative estimate of drug-likeness (QED) is 0.172. The molecule has 258 valence electrons. The number of hydrogen-bond acceptors (Lipinski definition) is 5. The van der Waals surface area contributed by atoms with Crippen molar-refractivity contribution >= 4 is 72.0 Å². The van der Waals surface area contributed by atoms with E-state index < -0.39 is 0 Å². The van der Waals surface area contributed by atoms with Gasteiger partial charge in [0.15, 0.2) is 0 Å². The van der Waals surface area contributed by atoms with Crippen molar-refractivity contribution in [1.29, 1.82) is 0 Å². The lowest BCUT2D eigenvalue weighted by Gasteiger charge is -2.26. The van der Waals surface area contributed by atoms with Crippen molar-refractivity contribution in [3.63, 3.8) is 0 Å². The molecule has 0 N–H and O–H groups in total. The molecule has 0 aliphatic rings. The van der Waals surface area contributed by atoms with Gasteiger partial charge in [0.2, 0.25) is 0 Å². The summed E-state index contributed by atoms with van der Waals surface area (Å²) in [6, 6.07) is 63.1. The van der Waals surface area contributed by atoms with Gasteiger partial charge < -0.3 is 13.7 Å². The van der Waals surface area contributed by atoms with Gasteiger partial charge in [-0.15, -0.1) is 0 Å². The summed E-state index contributed by atoms with van der Waals surface area (Å²) in [5, 5.41) is 4.49. The molecule has 5 heteroatoms. The van der Waals surface area contributed by atoms with Crippen molar-refractivity contribution in [2.75, 3.05) is 4.90 Å². The number of para-hydroxylation sites is 6. The van der Waals surface area contributed by atoms with Gasteiger partial charge in [0.1, 0.15) is 22.3 Å². The third-order valence-corrected chi connectivity index (χ3v) is 10.6. The van der Waals surface area contributed by atoms with Crippen molar-refractivity contribution in [3.8, 4) is 33.5 Å². The molecule has 0 unspecified atom stereocenters. The molecule has 0 bridgehead atoms. The monoisotopic (exact) mass is 705 g/mol. The number of fused-ring (bicyclic) bond motifs is 7. The minimum atomic E-state index is 0.838. The van der Waals surface area contributed by atoms with E-state index in [0.717, 1.165) is 105 Å². The van der Waals surface area contributed by atoms with Crippen LogP contribution in [0.25, 0.3) is 88.4 Å². The molecule has 3 heterocycles. The highest BCUT2D eigenvalue weighted by Crippen LogP contribution is 2.41. The first kappa shape index (κ1) is 31.1. The molecule has 0 spiro atoms. The molecule has 8 aromatic carbocycles. The Kier molecular flexibility index (Phi) is 7.10. The second kappa shape index (κ2) is 12.6. The zero-order valence-corrected chi connectivity index (χ0v) is 29.6. The maximum Gasteiger partial charge on any atom is 0.143 e. The molecule has 0 atom stereocenters. The molecule has 0 radical (unpaired) electrons. The Morgan fingerprint density at radius 2 is 0.800 bits per heavy atom. The summed E-state index contributed by atoms with van der Waals surface area (Å²) in [5.74, 6) is 0. The molecule has 11 rings (SSSR count). The maximum absolute atomic E-state index is 6.39. The van der Waals surface area contributed by atoms with Crippen LogP contribution in [0.5, 0.6) is 0 Å². The zero-order chi connectivity index (χ0) is 36.3. The predicted octanol–water partition coefficient (Wildman–Crippen LogP) is 13.9. The van der Waals surface area contributed by atoms with Gasteiger partial charge in [-0.2, -0.15) is 0 Å². The molecule has 0 aliphatic carbocycles. The van der Waals surface area contributed by atoms with Gasteiger partial charge in [0.05, 0.1) is 22.9 Å². The van der Waals surface area contributed by atoms with Crippen LogP contribution in [0.15, 0.2) is 197 Å². The predicted molar refractivity (Wildman–Crippen MR) is 225 cm³/mol.